The summed E-state index contributed by atoms with van der Waals surface area (Å²) in [7, 11) is 4.95. The summed E-state index contributed by atoms with van der Waals surface area (Å²) in [6.07, 6.45) is 1.02. The number of anilines is 1. The topological polar surface area (TPSA) is 114 Å². The Labute approximate surface area is 126 Å². The van der Waals surface area contributed by atoms with Crippen LogP contribution in [0.3, 0.4) is 0 Å². The first kappa shape index (κ1) is 16.7. The zero-order chi connectivity index (χ0) is 15.2. The number of imidazole rings is 1. The minimum Gasteiger partial charge on any atom is -0.394 e. The number of aliphatic hydroxyl groups is 1. The second kappa shape index (κ2) is 8.08. The molecule has 0 aliphatic rings. The Morgan fingerprint density at radius 2 is 2.43 bits per heavy atom. The molecule has 0 aliphatic carbocycles. The number of aromatic amines is 1. The lowest BCUT2D eigenvalue weighted by molar-refractivity contribution is -0.0411. The Hall–Kier alpha value is -0.680. The van der Waals surface area contributed by atoms with E-state index in [1.807, 2.05) is 0 Å². The number of ether oxygens (including phenoxy) is 1. The lowest BCUT2D eigenvalue weighted by atomic mass is 10.4. The van der Waals surface area contributed by atoms with Crippen molar-refractivity contribution in [1.29, 1.82) is 0 Å². The molecular formula is C9H16N5O4P3. The first-order valence-electron chi connectivity index (χ1n) is 5.91. The van der Waals surface area contributed by atoms with E-state index >= 15 is 0 Å². The van der Waals surface area contributed by atoms with Gasteiger partial charge >= 0.3 is 0 Å². The van der Waals surface area contributed by atoms with Gasteiger partial charge in [-0.25, -0.2) is 4.98 Å². The van der Waals surface area contributed by atoms with Crippen LogP contribution < -0.4 is 10.6 Å². The average molecular weight is 351 g/mol. The molecule has 4 unspecified atom stereocenters. The molecule has 2 rings (SSSR count). The largest absolute Gasteiger partial charge is 0.394 e. The molecule has 0 fully saturated rings. The summed E-state index contributed by atoms with van der Waals surface area (Å²) in [6, 6.07) is 0. The van der Waals surface area contributed by atoms with Gasteiger partial charge in [-0.2, -0.15) is 4.98 Å². The van der Waals surface area contributed by atoms with Gasteiger partial charge in [0, 0.05) is 8.50 Å². The number of nitrogens with zero attached hydrogens (tertiary/aromatic N) is 3. The molecule has 0 saturated carbocycles. The molecule has 4 atom stereocenters. The molecule has 0 amide bonds. The second-order valence-corrected chi connectivity index (χ2v) is 5.49. The molecule has 0 aliphatic heterocycles. The molecule has 0 spiro atoms. The number of hydrogen-bond donors (Lipinski definition) is 3. The zero-order valence-corrected chi connectivity index (χ0v) is 14.3. The van der Waals surface area contributed by atoms with Crippen molar-refractivity contribution in [2.45, 2.75) is 12.8 Å². The summed E-state index contributed by atoms with van der Waals surface area (Å²) in [5.41, 5.74) is 0.287. The van der Waals surface area contributed by atoms with Crippen molar-refractivity contribution < 1.29 is 14.4 Å². The summed E-state index contributed by atoms with van der Waals surface area (Å²) >= 11 is 0. The monoisotopic (exact) mass is 351 g/mol. The van der Waals surface area contributed by atoms with Crippen LogP contribution in [0.25, 0.3) is 11.2 Å². The molecule has 2 aromatic rings. The average Bonchev–Trinajstić information content (AvgIpc) is 2.91. The fraction of sp³-hybridized carbons (Fsp3) is 0.444. The van der Waals surface area contributed by atoms with Gasteiger partial charge in [0.05, 0.1) is 19.5 Å². The molecule has 9 nitrogen and oxygen atoms in total. The molecule has 12 heteroatoms. The third kappa shape index (κ3) is 4.16. The fourth-order valence-electron chi connectivity index (χ4n) is 1.60. The van der Waals surface area contributed by atoms with Crippen molar-refractivity contribution in [3.63, 3.8) is 0 Å². The van der Waals surface area contributed by atoms with Crippen LogP contribution in [-0.2, 0) is 16.0 Å². The summed E-state index contributed by atoms with van der Waals surface area (Å²) in [5.74, 6) is 0.311. The van der Waals surface area contributed by atoms with Crippen molar-refractivity contribution in [3.8, 4) is 0 Å². The van der Waals surface area contributed by atoms with Crippen LogP contribution in [0.2, 0.25) is 0 Å². The Balaban J connectivity index is 2.15. The first-order chi connectivity index (χ1) is 10.2. The van der Waals surface area contributed by atoms with E-state index in [1.165, 1.54) is 6.33 Å². The van der Waals surface area contributed by atoms with Crippen LogP contribution in [0.5, 0.6) is 0 Å². The van der Waals surface area contributed by atoms with Crippen molar-refractivity contribution in [3.05, 3.63) is 16.7 Å². The zero-order valence-electron chi connectivity index (χ0n) is 10.9. The van der Waals surface area contributed by atoms with Gasteiger partial charge in [-0.05, 0) is 9.39 Å². The van der Waals surface area contributed by atoms with E-state index in [4.69, 9.17) is 9.26 Å². The van der Waals surface area contributed by atoms with Crippen LogP contribution in [0.1, 0.15) is 0 Å². The predicted octanol–water partition coefficient (Wildman–Crippen LogP) is 0.0568. The Morgan fingerprint density at radius 1 is 1.62 bits per heavy atom. The lowest BCUT2D eigenvalue weighted by Gasteiger charge is -2.15. The number of nitrogens with one attached hydrogen (secondary N) is 2. The number of hydrogen-bond acceptors (Lipinski definition) is 7. The van der Waals surface area contributed by atoms with E-state index in [1.54, 1.807) is 4.57 Å². The summed E-state index contributed by atoms with van der Waals surface area (Å²) < 4.78 is 12.3. The predicted molar refractivity (Wildman–Crippen MR) is 87.4 cm³/mol. The van der Waals surface area contributed by atoms with Gasteiger partial charge in [-0.1, -0.05) is 8.93 Å². The molecule has 0 aromatic carbocycles. The highest BCUT2D eigenvalue weighted by molar-refractivity contribution is 8.00. The van der Waals surface area contributed by atoms with Gasteiger partial charge in [0.25, 0.3) is 5.56 Å². The smallest absolute Gasteiger partial charge is 0.280 e. The van der Waals surface area contributed by atoms with Crippen LogP contribution in [0.4, 0.5) is 5.95 Å². The summed E-state index contributed by atoms with van der Waals surface area (Å²) in [5, 5.41) is 11.9. The van der Waals surface area contributed by atoms with Crippen molar-refractivity contribution in [2.24, 2.45) is 0 Å². The lowest BCUT2D eigenvalue weighted by Crippen LogP contribution is -2.24. The van der Waals surface area contributed by atoms with Crippen LogP contribution in [-0.4, -0.2) is 43.9 Å². The molecule has 0 radical (unpaired) electrons. The Morgan fingerprint density at radius 3 is 3.10 bits per heavy atom. The van der Waals surface area contributed by atoms with Gasteiger partial charge in [0.2, 0.25) is 5.95 Å². The maximum Gasteiger partial charge on any atom is 0.280 e. The van der Waals surface area contributed by atoms with E-state index in [0.717, 1.165) is 0 Å². The van der Waals surface area contributed by atoms with E-state index in [0.29, 0.717) is 11.6 Å². The first-order valence-corrected chi connectivity index (χ1v) is 9.20. The third-order valence-electron chi connectivity index (χ3n) is 2.62. The third-order valence-corrected chi connectivity index (χ3v) is 3.72. The highest BCUT2D eigenvalue weighted by Gasteiger charge is 2.12. The molecule has 2 heterocycles. The normalized spacial score (nSPS) is 13.3. The Kier molecular flexibility index (Phi) is 6.42. The van der Waals surface area contributed by atoms with E-state index in [9.17, 15) is 9.90 Å². The quantitative estimate of drug-likeness (QED) is 0.576. The summed E-state index contributed by atoms with van der Waals surface area (Å²) in [6.45, 7) is 0.240. The van der Waals surface area contributed by atoms with E-state index in [2.05, 4.69) is 38.4 Å². The maximum absolute atomic E-state index is 11.8. The van der Waals surface area contributed by atoms with Crippen LogP contribution in [0.15, 0.2) is 11.1 Å². The SMILES string of the molecule is O=c1[nH]c(NP)nc2c1ncn2COC(CO)COPP. The second-order valence-electron chi connectivity index (χ2n) is 3.97. The number of H-pyrrole nitrogens is 1. The fourth-order valence-corrected chi connectivity index (χ4v) is 2.30. The number of rotatable bonds is 8. The van der Waals surface area contributed by atoms with Gasteiger partial charge < -0.3 is 19.5 Å². The minimum absolute atomic E-state index is 0.109. The number of aromatic nitrogens is 4. The van der Waals surface area contributed by atoms with Crippen LogP contribution in [0, 0.1) is 0 Å². The molecule has 116 valence electrons. The molecule has 0 bridgehead atoms. The molecule has 2 aromatic heterocycles. The van der Waals surface area contributed by atoms with Gasteiger partial charge in [0.15, 0.2) is 11.2 Å². The molecule has 21 heavy (non-hydrogen) atoms. The van der Waals surface area contributed by atoms with E-state index in [-0.39, 0.29) is 39.5 Å². The van der Waals surface area contributed by atoms with Gasteiger partial charge in [-0.15, -0.1) is 0 Å². The van der Waals surface area contributed by atoms with E-state index < -0.39 is 6.10 Å². The van der Waals surface area contributed by atoms with Gasteiger partial charge in [0.1, 0.15) is 12.8 Å². The van der Waals surface area contributed by atoms with Gasteiger partial charge in [-0.3, -0.25) is 14.3 Å². The van der Waals surface area contributed by atoms with Crippen molar-refractivity contribution in [2.75, 3.05) is 18.3 Å². The highest BCUT2D eigenvalue weighted by atomic mass is 32.0. The minimum atomic E-state index is -0.447. The molecular weight excluding hydrogens is 335 g/mol. The maximum atomic E-state index is 11.8. The van der Waals surface area contributed by atoms with Crippen molar-refractivity contribution >= 4 is 43.9 Å². The Bertz CT molecular complexity index is 648. The highest BCUT2D eigenvalue weighted by Crippen LogP contribution is 2.21. The van der Waals surface area contributed by atoms with Crippen LogP contribution >= 0.6 is 26.8 Å². The van der Waals surface area contributed by atoms with Crippen molar-refractivity contribution in [1.82, 2.24) is 19.5 Å². The summed E-state index contributed by atoms with van der Waals surface area (Å²) in [4.78, 5) is 22.5. The standard InChI is InChI=1S/C9H16N5O4P3/c15-1-5(2-18-21-20)17-4-14-3-10-6-7(14)11-9(13-19)12-8(6)16/h3,5,15,21H,1-2,4,19-20H2,(H2,11,12,13,16). The number of aliphatic hydroxyl groups excluding tert-OH is 1. The number of fused-ring (bicyclic) bond motifs is 1. The molecule has 0 saturated heterocycles. The molecule has 3 N–H and O–H groups in total.